The molecule has 5 heteroatoms. The van der Waals surface area contributed by atoms with Crippen molar-refractivity contribution in [3.63, 3.8) is 0 Å². The first-order chi connectivity index (χ1) is 9.35. The van der Waals surface area contributed by atoms with Crippen LogP contribution in [0.3, 0.4) is 0 Å². The normalized spacial score (nSPS) is 10.6. The Hall–Kier alpha value is -1.88. The molecule has 1 aromatic heterocycles. The van der Waals surface area contributed by atoms with Gasteiger partial charge < -0.3 is 10.1 Å². The van der Waals surface area contributed by atoms with E-state index in [9.17, 15) is 0 Å². The minimum atomic E-state index is 0.658. The van der Waals surface area contributed by atoms with E-state index in [1.165, 1.54) is 0 Å². The molecule has 0 saturated carbocycles. The fourth-order valence-corrected chi connectivity index (χ4v) is 1.86. The maximum absolute atomic E-state index is 5.51. The summed E-state index contributed by atoms with van der Waals surface area (Å²) in [6.07, 6.45) is 2.90. The van der Waals surface area contributed by atoms with Crippen LogP contribution in [0.4, 0.5) is 0 Å². The molecule has 102 valence electrons. The molecular formula is C14H20N4O. The van der Waals surface area contributed by atoms with E-state index in [1.54, 1.807) is 6.20 Å². The summed E-state index contributed by atoms with van der Waals surface area (Å²) in [6.45, 7) is 6.53. The summed E-state index contributed by atoms with van der Waals surface area (Å²) in [5.74, 6) is 0.850. The highest BCUT2D eigenvalue weighted by molar-refractivity contribution is 5.39. The molecule has 2 rings (SSSR count). The van der Waals surface area contributed by atoms with Crippen LogP contribution in [-0.2, 0) is 6.54 Å². The van der Waals surface area contributed by atoms with Crippen LogP contribution in [0.15, 0.2) is 30.5 Å². The zero-order valence-electron chi connectivity index (χ0n) is 11.5. The van der Waals surface area contributed by atoms with Gasteiger partial charge in [-0.25, -0.2) is 4.68 Å². The van der Waals surface area contributed by atoms with E-state index in [1.807, 2.05) is 35.9 Å². The van der Waals surface area contributed by atoms with E-state index < -0.39 is 0 Å². The van der Waals surface area contributed by atoms with Gasteiger partial charge in [0.05, 0.1) is 24.2 Å². The molecule has 0 radical (unpaired) electrons. The lowest BCUT2D eigenvalue weighted by atomic mass is 10.3. The van der Waals surface area contributed by atoms with Crippen molar-refractivity contribution in [2.24, 2.45) is 0 Å². The van der Waals surface area contributed by atoms with Crippen molar-refractivity contribution < 1.29 is 4.74 Å². The number of ether oxygens (including phenoxy) is 1. The zero-order valence-corrected chi connectivity index (χ0v) is 11.5. The van der Waals surface area contributed by atoms with Crippen LogP contribution >= 0.6 is 0 Å². The van der Waals surface area contributed by atoms with Crippen LogP contribution in [0.1, 0.15) is 26.0 Å². The molecule has 0 aliphatic rings. The van der Waals surface area contributed by atoms with Gasteiger partial charge in [-0.05, 0) is 32.0 Å². The highest BCUT2D eigenvalue weighted by Gasteiger charge is 2.06. The van der Waals surface area contributed by atoms with Gasteiger partial charge in [-0.15, -0.1) is 5.10 Å². The second-order valence-corrected chi connectivity index (χ2v) is 4.24. The number of benzene rings is 1. The van der Waals surface area contributed by atoms with Gasteiger partial charge in [-0.3, -0.25) is 0 Å². The Bertz CT molecular complexity index is 510. The molecule has 19 heavy (non-hydrogen) atoms. The predicted octanol–water partition coefficient (Wildman–Crippen LogP) is 2.17. The van der Waals surface area contributed by atoms with Crippen molar-refractivity contribution in [1.29, 1.82) is 0 Å². The Morgan fingerprint density at radius 3 is 3.00 bits per heavy atom. The molecule has 0 aliphatic heterocycles. The molecule has 1 N–H and O–H groups in total. The van der Waals surface area contributed by atoms with Crippen molar-refractivity contribution in [2.45, 2.75) is 26.8 Å². The molecule has 0 bridgehead atoms. The SMILES string of the molecule is CCCNCc1cnnn1-c1cccc(OCC)c1. The lowest BCUT2D eigenvalue weighted by Crippen LogP contribution is -2.16. The molecular weight excluding hydrogens is 240 g/mol. The zero-order chi connectivity index (χ0) is 13.5. The average Bonchev–Trinajstić information content (AvgIpc) is 2.88. The van der Waals surface area contributed by atoms with E-state index in [0.717, 1.165) is 36.6 Å². The fraction of sp³-hybridized carbons (Fsp3) is 0.429. The monoisotopic (exact) mass is 260 g/mol. The van der Waals surface area contributed by atoms with Gasteiger partial charge >= 0.3 is 0 Å². The number of rotatable bonds is 7. The van der Waals surface area contributed by atoms with Crippen LogP contribution in [0.5, 0.6) is 5.75 Å². The Morgan fingerprint density at radius 1 is 1.32 bits per heavy atom. The Labute approximate surface area is 113 Å². The van der Waals surface area contributed by atoms with E-state index >= 15 is 0 Å². The number of nitrogens with zero attached hydrogens (tertiary/aromatic N) is 3. The van der Waals surface area contributed by atoms with E-state index in [4.69, 9.17) is 4.74 Å². The molecule has 2 aromatic rings. The minimum absolute atomic E-state index is 0.658. The predicted molar refractivity (Wildman–Crippen MR) is 74.5 cm³/mol. The van der Waals surface area contributed by atoms with E-state index in [2.05, 4.69) is 22.6 Å². The quantitative estimate of drug-likeness (QED) is 0.775. The van der Waals surface area contributed by atoms with E-state index in [0.29, 0.717) is 6.61 Å². The van der Waals surface area contributed by atoms with Crippen molar-refractivity contribution in [3.05, 3.63) is 36.2 Å². The standard InChI is InChI=1S/C14H20N4O/c1-3-8-15-10-13-11-16-17-18(13)12-6-5-7-14(9-12)19-4-2/h5-7,9,11,15H,3-4,8,10H2,1-2H3. The van der Waals surface area contributed by atoms with E-state index in [-0.39, 0.29) is 0 Å². The first-order valence-electron chi connectivity index (χ1n) is 6.68. The van der Waals surface area contributed by atoms with Crippen molar-refractivity contribution in [2.75, 3.05) is 13.2 Å². The molecule has 0 atom stereocenters. The highest BCUT2D eigenvalue weighted by Crippen LogP contribution is 2.17. The topological polar surface area (TPSA) is 52.0 Å². The molecule has 1 heterocycles. The van der Waals surface area contributed by atoms with Gasteiger partial charge in [0, 0.05) is 12.6 Å². The molecule has 0 fully saturated rings. The van der Waals surface area contributed by atoms with Gasteiger partial charge in [-0.1, -0.05) is 18.2 Å². The number of hydrogen-bond acceptors (Lipinski definition) is 4. The first kappa shape index (κ1) is 13.5. The third-order valence-electron chi connectivity index (χ3n) is 2.73. The van der Waals surface area contributed by atoms with Crippen LogP contribution in [0.2, 0.25) is 0 Å². The lowest BCUT2D eigenvalue weighted by molar-refractivity contribution is 0.340. The van der Waals surface area contributed by atoms with Crippen LogP contribution in [0.25, 0.3) is 5.69 Å². The largest absolute Gasteiger partial charge is 0.494 e. The van der Waals surface area contributed by atoms with Crippen molar-refractivity contribution in [3.8, 4) is 11.4 Å². The van der Waals surface area contributed by atoms with Gasteiger partial charge in [0.1, 0.15) is 5.75 Å². The first-order valence-corrected chi connectivity index (χ1v) is 6.68. The summed E-state index contributed by atoms with van der Waals surface area (Å²) >= 11 is 0. The maximum atomic E-state index is 5.51. The van der Waals surface area contributed by atoms with Gasteiger partial charge in [0.15, 0.2) is 0 Å². The van der Waals surface area contributed by atoms with Gasteiger partial charge in [0.25, 0.3) is 0 Å². The Morgan fingerprint density at radius 2 is 2.21 bits per heavy atom. The summed E-state index contributed by atoms with van der Waals surface area (Å²) < 4.78 is 7.34. The van der Waals surface area contributed by atoms with Crippen molar-refractivity contribution >= 4 is 0 Å². The molecule has 0 amide bonds. The molecule has 0 unspecified atom stereocenters. The maximum Gasteiger partial charge on any atom is 0.121 e. The highest BCUT2D eigenvalue weighted by atomic mass is 16.5. The summed E-state index contributed by atoms with van der Waals surface area (Å²) in [5.41, 5.74) is 2.01. The second kappa shape index (κ2) is 6.89. The number of aromatic nitrogens is 3. The second-order valence-electron chi connectivity index (χ2n) is 4.24. The molecule has 0 spiro atoms. The molecule has 5 nitrogen and oxygen atoms in total. The summed E-state index contributed by atoms with van der Waals surface area (Å²) in [5, 5.41) is 11.5. The average molecular weight is 260 g/mol. The molecule has 1 aromatic carbocycles. The summed E-state index contributed by atoms with van der Waals surface area (Å²) in [7, 11) is 0. The Balaban J connectivity index is 2.16. The molecule has 0 saturated heterocycles. The third kappa shape index (κ3) is 3.54. The van der Waals surface area contributed by atoms with Crippen LogP contribution in [0, 0.1) is 0 Å². The number of hydrogen-bond donors (Lipinski definition) is 1. The van der Waals surface area contributed by atoms with Gasteiger partial charge in [-0.2, -0.15) is 0 Å². The van der Waals surface area contributed by atoms with Crippen LogP contribution in [-0.4, -0.2) is 28.1 Å². The van der Waals surface area contributed by atoms with Crippen LogP contribution < -0.4 is 10.1 Å². The minimum Gasteiger partial charge on any atom is -0.494 e. The fourth-order valence-electron chi connectivity index (χ4n) is 1.86. The third-order valence-corrected chi connectivity index (χ3v) is 2.73. The molecule has 0 aliphatic carbocycles. The van der Waals surface area contributed by atoms with Crippen molar-refractivity contribution in [1.82, 2.24) is 20.3 Å². The lowest BCUT2D eigenvalue weighted by Gasteiger charge is -2.09. The van der Waals surface area contributed by atoms with Gasteiger partial charge in [0.2, 0.25) is 0 Å². The smallest absolute Gasteiger partial charge is 0.121 e. The Kier molecular flexibility index (Phi) is 4.92. The summed E-state index contributed by atoms with van der Waals surface area (Å²) in [6, 6.07) is 7.88. The summed E-state index contributed by atoms with van der Waals surface area (Å²) in [4.78, 5) is 0. The number of nitrogens with one attached hydrogen (secondary N) is 1.